The highest BCUT2D eigenvalue weighted by Crippen LogP contribution is 2.39. The van der Waals surface area contributed by atoms with Crippen molar-refractivity contribution in [2.24, 2.45) is 11.3 Å². The van der Waals surface area contributed by atoms with E-state index in [0.717, 1.165) is 31.2 Å². The highest BCUT2D eigenvalue weighted by atomic mass is 79.9. The zero-order chi connectivity index (χ0) is 16.7. The van der Waals surface area contributed by atoms with E-state index in [1.54, 1.807) is 0 Å². The van der Waals surface area contributed by atoms with Crippen molar-refractivity contribution in [1.29, 1.82) is 0 Å². The third-order valence-electron chi connectivity index (χ3n) is 4.73. The van der Waals surface area contributed by atoms with Gasteiger partial charge in [-0.2, -0.15) is 0 Å². The molecule has 126 valence electrons. The van der Waals surface area contributed by atoms with Crippen LogP contribution in [0.1, 0.15) is 38.2 Å². The van der Waals surface area contributed by atoms with Gasteiger partial charge >= 0.3 is 6.09 Å². The lowest BCUT2D eigenvalue weighted by Gasteiger charge is -2.37. The summed E-state index contributed by atoms with van der Waals surface area (Å²) in [6, 6.07) is 9.55. The van der Waals surface area contributed by atoms with Crippen LogP contribution in [0.25, 0.3) is 0 Å². The first-order valence-corrected chi connectivity index (χ1v) is 9.22. The van der Waals surface area contributed by atoms with Gasteiger partial charge in [-0.25, -0.2) is 4.79 Å². The van der Waals surface area contributed by atoms with Crippen LogP contribution in [0.3, 0.4) is 0 Å². The van der Waals surface area contributed by atoms with Gasteiger partial charge < -0.3 is 10.1 Å². The highest BCUT2D eigenvalue weighted by Gasteiger charge is 2.40. The smallest absolute Gasteiger partial charge is 0.407 e. The molecular weight excluding hydrogens is 358 g/mol. The summed E-state index contributed by atoms with van der Waals surface area (Å²) in [7, 11) is 0. The normalized spacial score (nSPS) is 24.0. The lowest BCUT2D eigenvalue weighted by Crippen LogP contribution is -2.45. The molecule has 1 amide bonds. The molecule has 0 heterocycles. The van der Waals surface area contributed by atoms with Gasteiger partial charge in [0.25, 0.3) is 0 Å². The Morgan fingerprint density at radius 1 is 1.26 bits per heavy atom. The molecule has 1 aliphatic rings. The number of carbonyl (C=O) groups excluding carboxylic acids is 2. The molecule has 4 nitrogen and oxygen atoms in total. The van der Waals surface area contributed by atoms with Crippen molar-refractivity contribution < 1.29 is 14.3 Å². The van der Waals surface area contributed by atoms with Crippen molar-refractivity contribution in [3.05, 3.63) is 35.9 Å². The van der Waals surface area contributed by atoms with E-state index >= 15 is 0 Å². The van der Waals surface area contributed by atoms with Crippen LogP contribution in [0.5, 0.6) is 0 Å². The first-order chi connectivity index (χ1) is 11.1. The third kappa shape index (κ3) is 5.06. The largest absolute Gasteiger partial charge is 0.445 e. The number of benzene rings is 1. The molecule has 1 saturated carbocycles. The summed E-state index contributed by atoms with van der Waals surface area (Å²) >= 11 is 3.28. The Balaban J connectivity index is 1.85. The van der Waals surface area contributed by atoms with Gasteiger partial charge in [0.1, 0.15) is 6.61 Å². The monoisotopic (exact) mass is 381 g/mol. The first-order valence-electron chi connectivity index (χ1n) is 8.09. The van der Waals surface area contributed by atoms with E-state index in [9.17, 15) is 9.59 Å². The molecule has 0 atom stereocenters. The summed E-state index contributed by atoms with van der Waals surface area (Å²) < 4.78 is 5.23. The molecule has 1 aromatic carbocycles. The molecule has 0 bridgehead atoms. The van der Waals surface area contributed by atoms with Crippen LogP contribution in [-0.4, -0.2) is 23.8 Å². The fourth-order valence-electron chi connectivity index (χ4n) is 3.03. The minimum atomic E-state index is -0.464. The number of alkyl halides is 1. The van der Waals surface area contributed by atoms with Crippen LogP contribution in [0.2, 0.25) is 0 Å². The van der Waals surface area contributed by atoms with Crippen molar-refractivity contribution in [2.45, 2.75) is 39.2 Å². The molecule has 0 aliphatic heterocycles. The second-order valence-electron chi connectivity index (χ2n) is 6.43. The van der Waals surface area contributed by atoms with E-state index in [-0.39, 0.29) is 12.4 Å². The van der Waals surface area contributed by atoms with E-state index in [1.165, 1.54) is 0 Å². The SMILES string of the molecule is CC1CCC(CNC(=O)OCc2ccccc2)(C(=O)CBr)CC1. The molecular formula is C18H24BrNO3. The topological polar surface area (TPSA) is 55.4 Å². The Labute approximate surface area is 146 Å². The molecule has 0 aromatic heterocycles. The molecule has 1 fully saturated rings. The average molecular weight is 382 g/mol. The predicted molar refractivity (Wildman–Crippen MR) is 93.5 cm³/mol. The van der Waals surface area contributed by atoms with Crippen molar-refractivity contribution in [1.82, 2.24) is 5.32 Å². The predicted octanol–water partition coefficient (Wildman–Crippen LogP) is 4.07. The fourth-order valence-corrected chi connectivity index (χ4v) is 3.62. The zero-order valence-corrected chi connectivity index (χ0v) is 15.1. The number of Topliss-reactive ketones (excluding diaryl/α,β-unsaturated/α-hetero) is 1. The van der Waals surface area contributed by atoms with E-state index in [0.29, 0.717) is 17.8 Å². The fraction of sp³-hybridized carbons (Fsp3) is 0.556. The van der Waals surface area contributed by atoms with Gasteiger partial charge in [0.05, 0.1) is 5.33 Å². The maximum absolute atomic E-state index is 12.3. The van der Waals surface area contributed by atoms with Gasteiger partial charge in [0.2, 0.25) is 0 Å². The average Bonchev–Trinajstić information content (AvgIpc) is 2.60. The van der Waals surface area contributed by atoms with Gasteiger partial charge in [-0.3, -0.25) is 4.79 Å². The summed E-state index contributed by atoms with van der Waals surface area (Å²) in [5.41, 5.74) is 0.502. The number of hydrogen-bond acceptors (Lipinski definition) is 3. The second-order valence-corrected chi connectivity index (χ2v) is 7.00. The summed E-state index contributed by atoms with van der Waals surface area (Å²) in [4.78, 5) is 24.3. The van der Waals surface area contributed by atoms with Gasteiger partial charge in [-0.05, 0) is 37.2 Å². The maximum Gasteiger partial charge on any atom is 0.407 e. The van der Waals surface area contributed by atoms with Gasteiger partial charge in [-0.1, -0.05) is 53.2 Å². The lowest BCUT2D eigenvalue weighted by atomic mass is 9.68. The lowest BCUT2D eigenvalue weighted by molar-refractivity contribution is -0.127. The maximum atomic E-state index is 12.3. The van der Waals surface area contributed by atoms with Crippen molar-refractivity contribution in [3.63, 3.8) is 0 Å². The molecule has 23 heavy (non-hydrogen) atoms. The summed E-state index contributed by atoms with van der Waals surface area (Å²) in [6.45, 7) is 2.81. The Kier molecular flexibility index (Phi) is 6.63. The Bertz CT molecular complexity index is 524. The quantitative estimate of drug-likeness (QED) is 0.755. The van der Waals surface area contributed by atoms with Crippen LogP contribution >= 0.6 is 15.9 Å². The molecule has 0 saturated heterocycles. The Hall–Kier alpha value is -1.36. The van der Waals surface area contributed by atoms with E-state index < -0.39 is 11.5 Å². The Morgan fingerprint density at radius 2 is 1.91 bits per heavy atom. The van der Waals surface area contributed by atoms with E-state index in [4.69, 9.17) is 4.74 Å². The van der Waals surface area contributed by atoms with Gasteiger partial charge in [0.15, 0.2) is 5.78 Å². The van der Waals surface area contributed by atoms with Crippen LogP contribution in [0, 0.1) is 11.3 Å². The number of ether oxygens (including phenoxy) is 1. The number of alkyl carbamates (subject to hydrolysis) is 1. The summed E-state index contributed by atoms with van der Waals surface area (Å²) in [5.74, 6) is 0.823. The number of amides is 1. The van der Waals surface area contributed by atoms with Crippen LogP contribution in [0.4, 0.5) is 4.79 Å². The number of rotatable bonds is 6. The molecule has 0 spiro atoms. The minimum Gasteiger partial charge on any atom is -0.445 e. The van der Waals surface area contributed by atoms with Crippen LogP contribution < -0.4 is 5.32 Å². The van der Waals surface area contributed by atoms with Crippen molar-refractivity contribution >= 4 is 27.8 Å². The van der Waals surface area contributed by atoms with Crippen molar-refractivity contribution in [3.8, 4) is 0 Å². The molecule has 0 unspecified atom stereocenters. The summed E-state index contributed by atoms with van der Waals surface area (Å²) in [5, 5.41) is 3.13. The number of nitrogens with one attached hydrogen (secondary N) is 1. The molecule has 0 radical (unpaired) electrons. The van der Waals surface area contributed by atoms with E-state index in [2.05, 4.69) is 28.2 Å². The number of ketones is 1. The molecule has 2 rings (SSSR count). The van der Waals surface area contributed by atoms with Crippen molar-refractivity contribution in [2.75, 3.05) is 11.9 Å². The van der Waals surface area contributed by atoms with E-state index in [1.807, 2.05) is 30.3 Å². The van der Waals surface area contributed by atoms with Gasteiger partial charge in [0, 0.05) is 12.0 Å². The van der Waals surface area contributed by atoms with Gasteiger partial charge in [-0.15, -0.1) is 0 Å². The summed E-state index contributed by atoms with van der Waals surface area (Å²) in [6.07, 6.45) is 3.25. The van der Waals surface area contributed by atoms with Crippen LogP contribution in [-0.2, 0) is 16.1 Å². The van der Waals surface area contributed by atoms with Crippen LogP contribution in [0.15, 0.2) is 30.3 Å². The third-order valence-corrected chi connectivity index (χ3v) is 5.24. The second kappa shape index (κ2) is 8.48. The standard InChI is InChI=1S/C18H24BrNO3/c1-14-7-9-18(10-8-14,16(21)11-19)13-20-17(22)23-12-15-5-3-2-4-6-15/h2-6,14H,7-13H2,1H3,(H,20,22). The molecule has 1 N–H and O–H groups in total. The number of halogens is 1. The zero-order valence-electron chi connectivity index (χ0n) is 13.5. The highest BCUT2D eigenvalue weighted by molar-refractivity contribution is 9.09. The first kappa shape index (κ1) is 18.0. The minimum absolute atomic E-state index is 0.174. The molecule has 1 aromatic rings. The number of carbonyl (C=O) groups is 2. The number of hydrogen-bond donors (Lipinski definition) is 1. The molecule has 1 aliphatic carbocycles. The molecule has 5 heteroatoms. The Morgan fingerprint density at radius 3 is 2.52 bits per heavy atom.